The van der Waals surface area contributed by atoms with Crippen molar-refractivity contribution in [1.82, 2.24) is 4.90 Å². The summed E-state index contributed by atoms with van der Waals surface area (Å²) in [4.78, 5) is 24.4. The molecule has 0 unspecified atom stereocenters. The Morgan fingerprint density at radius 1 is 1.35 bits per heavy atom. The molecule has 0 saturated heterocycles. The van der Waals surface area contributed by atoms with Crippen LogP contribution in [-0.4, -0.2) is 34.6 Å². The first-order valence-corrected chi connectivity index (χ1v) is 6.76. The smallest absolute Gasteiger partial charge is 0.322 e. The lowest BCUT2D eigenvalue weighted by molar-refractivity contribution is -0.137. The van der Waals surface area contributed by atoms with Gasteiger partial charge in [0.25, 0.3) is 0 Å². The van der Waals surface area contributed by atoms with Crippen molar-refractivity contribution in [3.8, 4) is 0 Å². The molecule has 0 fully saturated rings. The van der Waals surface area contributed by atoms with Crippen LogP contribution in [0.5, 0.6) is 0 Å². The second-order valence-corrected chi connectivity index (χ2v) is 5.08. The van der Waals surface area contributed by atoms with Gasteiger partial charge in [0.2, 0.25) is 0 Å². The van der Waals surface area contributed by atoms with E-state index in [4.69, 9.17) is 5.11 Å². The lowest BCUT2D eigenvalue weighted by Gasteiger charge is -2.26. The van der Waals surface area contributed by atoms with Crippen molar-refractivity contribution >= 4 is 17.7 Å². The molecule has 110 valence electrons. The first-order chi connectivity index (χ1) is 9.40. The van der Waals surface area contributed by atoms with Gasteiger partial charge in [-0.05, 0) is 44.9 Å². The van der Waals surface area contributed by atoms with Crippen LogP contribution in [0.4, 0.5) is 10.5 Å². The molecule has 5 nitrogen and oxygen atoms in total. The lowest BCUT2D eigenvalue weighted by atomic mass is 10.2. The van der Waals surface area contributed by atoms with E-state index in [1.807, 2.05) is 45.0 Å². The van der Waals surface area contributed by atoms with Crippen molar-refractivity contribution in [2.24, 2.45) is 0 Å². The average Bonchev–Trinajstić information content (AvgIpc) is 2.33. The summed E-state index contributed by atoms with van der Waals surface area (Å²) in [6, 6.07) is 7.40. The Kier molecular flexibility index (Phi) is 6.03. The van der Waals surface area contributed by atoms with Gasteiger partial charge in [0.15, 0.2) is 0 Å². The molecule has 5 heteroatoms. The number of nitrogens with zero attached hydrogens (tertiary/aromatic N) is 1. The summed E-state index contributed by atoms with van der Waals surface area (Å²) in [5.74, 6) is -0.840. The fourth-order valence-electron chi connectivity index (χ4n) is 1.91. The zero-order valence-electron chi connectivity index (χ0n) is 12.2. The van der Waals surface area contributed by atoms with Crippen LogP contribution >= 0.6 is 0 Å². The van der Waals surface area contributed by atoms with Crippen LogP contribution in [0.2, 0.25) is 0 Å². The van der Waals surface area contributed by atoms with Gasteiger partial charge < -0.3 is 15.3 Å². The number of hydrogen-bond acceptors (Lipinski definition) is 2. The van der Waals surface area contributed by atoms with Crippen LogP contribution in [0.25, 0.3) is 0 Å². The van der Waals surface area contributed by atoms with Crippen LogP contribution < -0.4 is 5.32 Å². The van der Waals surface area contributed by atoms with E-state index in [1.165, 1.54) is 0 Å². The minimum absolute atomic E-state index is 0.0219. The number of anilines is 1. The maximum absolute atomic E-state index is 12.2. The number of hydrogen-bond donors (Lipinski definition) is 2. The maximum atomic E-state index is 12.2. The molecule has 2 N–H and O–H groups in total. The van der Waals surface area contributed by atoms with Crippen LogP contribution in [0.15, 0.2) is 24.3 Å². The number of amides is 2. The minimum Gasteiger partial charge on any atom is -0.481 e. The van der Waals surface area contributed by atoms with Gasteiger partial charge in [-0.1, -0.05) is 12.1 Å². The topological polar surface area (TPSA) is 69.6 Å². The van der Waals surface area contributed by atoms with Gasteiger partial charge in [0.05, 0.1) is 0 Å². The highest BCUT2D eigenvalue weighted by atomic mass is 16.4. The molecule has 0 aliphatic carbocycles. The predicted octanol–water partition coefficient (Wildman–Crippen LogP) is 3.10. The van der Waals surface area contributed by atoms with Gasteiger partial charge >= 0.3 is 12.0 Å². The quantitative estimate of drug-likeness (QED) is 0.840. The van der Waals surface area contributed by atoms with E-state index in [2.05, 4.69) is 5.32 Å². The van der Waals surface area contributed by atoms with Crippen molar-refractivity contribution in [2.45, 2.75) is 39.7 Å². The molecular weight excluding hydrogens is 256 g/mol. The summed E-state index contributed by atoms with van der Waals surface area (Å²) in [5.41, 5.74) is 1.82. The summed E-state index contributed by atoms with van der Waals surface area (Å²) in [6.07, 6.45) is 0.524. The van der Waals surface area contributed by atoms with Gasteiger partial charge in [-0.2, -0.15) is 0 Å². The average molecular weight is 278 g/mol. The highest BCUT2D eigenvalue weighted by molar-refractivity contribution is 5.89. The van der Waals surface area contributed by atoms with Gasteiger partial charge in [-0.25, -0.2) is 4.79 Å². The molecule has 2 amide bonds. The zero-order chi connectivity index (χ0) is 15.1. The van der Waals surface area contributed by atoms with Gasteiger partial charge in [-0.3, -0.25) is 4.79 Å². The van der Waals surface area contributed by atoms with Crippen LogP contribution in [-0.2, 0) is 4.79 Å². The van der Waals surface area contributed by atoms with Gasteiger partial charge in [0, 0.05) is 24.7 Å². The molecule has 0 saturated carbocycles. The molecule has 0 aliphatic heterocycles. The Morgan fingerprint density at radius 3 is 2.60 bits per heavy atom. The third kappa shape index (κ3) is 5.30. The highest BCUT2D eigenvalue weighted by Crippen LogP contribution is 2.12. The molecule has 1 aromatic carbocycles. The lowest BCUT2D eigenvalue weighted by Crippen LogP contribution is -2.40. The van der Waals surface area contributed by atoms with Crippen LogP contribution in [0.3, 0.4) is 0 Å². The normalized spacial score (nSPS) is 10.4. The number of carbonyl (C=O) groups is 2. The van der Waals surface area contributed by atoms with Crippen molar-refractivity contribution in [1.29, 1.82) is 0 Å². The molecule has 0 bridgehead atoms. The summed E-state index contributed by atoms with van der Waals surface area (Å²) < 4.78 is 0. The van der Waals surface area contributed by atoms with Crippen molar-refractivity contribution in [3.63, 3.8) is 0 Å². The molecule has 0 aromatic heterocycles. The number of carboxylic acids is 1. The fraction of sp³-hybridized carbons (Fsp3) is 0.467. The summed E-state index contributed by atoms with van der Waals surface area (Å²) in [7, 11) is 0. The highest BCUT2D eigenvalue weighted by Gasteiger charge is 2.17. The van der Waals surface area contributed by atoms with Crippen molar-refractivity contribution in [2.75, 3.05) is 11.9 Å². The van der Waals surface area contributed by atoms with E-state index in [9.17, 15) is 9.59 Å². The minimum atomic E-state index is -0.840. The van der Waals surface area contributed by atoms with E-state index < -0.39 is 5.97 Å². The summed E-state index contributed by atoms with van der Waals surface area (Å²) in [5, 5.41) is 11.5. The number of aliphatic carboxylic acids is 1. The molecule has 0 aliphatic rings. The Balaban J connectivity index is 2.62. The second-order valence-electron chi connectivity index (χ2n) is 5.08. The molecular formula is C15H22N2O3. The Hall–Kier alpha value is -2.04. The largest absolute Gasteiger partial charge is 0.481 e. The zero-order valence-corrected chi connectivity index (χ0v) is 12.2. The van der Waals surface area contributed by atoms with E-state index in [-0.39, 0.29) is 18.5 Å². The molecule has 0 spiro atoms. The molecule has 0 radical (unpaired) electrons. The van der Waals surface area contributed by atoms with Crippen molar-refractivity contribution < 1.29 is 14.7 Å². The number of carbonyl (C=O) groups excluding carboxylic acids is 1. The number of aryl methyl sites for hydroxylation is 1. The van der Waals surface area contributed by atoms with Crippen LogP contribution in [0, 0.1) is 6.92 Å². The summed E-state index contributed by atoms with van der Waals surface area (Å²) >= 11 is 0. The Bertz CT molecular complexity index is 472. The number of nitrogens with one attached hydrogen (secondary N) is 1. The Labute approximate surface area is 119 Å². The van der Waals surface area contributed by atoms with Gasteiger partial charge in [0.1, 0.15) is 0 Å². The molecule has 1 rings (SSSR count). The molecule has 0 atom stereocenters. The number of rotatable bonds is 6. The number of urea groups is 1. The monoisotopic (exact) mass is 278 g/mol. The van der Waals surface area contributed by atoms with Crippen molar-refractivity contribution in [3.05, 3.63) is 29.8 Å². The predicted molar refractivity (Wildman–Crippen MR) is 78.9 cm³/mol. The Morgan fingerprint density at radius 2 is 2.05 bits per heavy atom. The fourth-order valence-corrected chi connectivity index (χ4v) is 1.91. The third-order valence-corrected chi connectivity index (χ3v) is 2.94. The van der Waals surface area contributed by atoms with E-state index in [0.29, 0.717) is 13.0 Å². The first-order valence-electron chi connectivity index (χ1n) is 6.76. The molecule has 20 heavy (non-hydrogen) atoms. The maximum Gasteiger partial charge on any atom is 0.322 e. The first kappa shape index (κ1) is 16.0. The van der Waals surface area contributed by atoms with Gasteiger partial charge in [-0.15, -0.1) is 0 Å². The van der Waals surface area contributed by atoms with E-state index >= 15 is 0 Å². The standard InChI is InChI=1S/C15H22N2O3/c1-11(2)17(9-5-8-14(18)19)15(20)16-13-7-4-6-12(3)10-13/h4,6-7,10-11H,5,8-9H2,1-3H3,(H,16,20)(H,18,19). The number of benzene rings is 1. The van der Waals surface area contributed by atoms with Crippen LogP contribution in [0.1, 0.15) is 32.3 Å². The van der Waals surface area contributed by atoms with E-state index in [0.717, 1.165) is 11.3 Å². The molecule has 0 heterocycles. The molecule has 1 aromatic rings. The third-order valence-electron chi connectivity index (χ3n) is 2.94. The second kappa shape index (κ2) is 7.53. The summed E-state index contributed by atoms with van der Waals surface area (Å²) in [6.45, 7) is 6.22. The SMILES string of the molecule is Cc1cccc(NC(=O)N(CCCC(=O)O)C(C)C)c1. The number of carboxylic acid groups (broad SMARTS) is 1. The van der Waals surface area contributed by atoms with E-state index in [1.54, 1.807) is 4.90 Å².